The molecule has 0 amide bonds. The largest absolute Gasteiger partial charge is 0.384 e. The number of aliphatic imine (C=N–C) groups is 1. The van der Waals surface area contributed by atoms with E-state index < -0.39 is 0 Å². The number of benzene rings is 1. The summed E-state index contributed by atoms with van der Waals surface area (Å²) in [6, 6.07) is 7.15. The highest BCUT2D eigenvalue weighted by Gasteiger charge is 2.23. The number of nitrogens with zero attached hydrogens (tertiary/aromatic N) is 6. The van der Waals surface area contributed by atoms with Gasteiger partial charge in [-0.2, -0.15) is 10.2 Å². The minimum Gasteiger partial charge on any atom is -0.384 e. The number of aryl methyl sites for hydroxylation is 1. The van der Waals surface area contributed by atoms with Crippen LogP contribution in [0.25, 0.3) is 10.9 Å². The lowest BCUT2D eigenvalue weighted by Gasteiger charge is -2.21. The summed E-state index contributed by atoms with van der Waals surface area (Å²) in [6.07, 6.45) is 7.30. The number of hydrogen-bond donors (Lipinski definition) is 3. The van der Waals surface area contributed by atoms with Crippen LogP contribution in [0.3, 0.4) is 0 Å². The van der Waals surface area contributed by atoms with Crippen LogP contribution in [0, 0.1) is 0 Å². The molecule has 1 unspecified atom stereocenters. The average molecular weight is 426 g/mol. The predicted octanol–water partition coefficient (Wildman–Crippen LogP) is 1.39. The topological polar surface area (TPSA) is 130 Å². The van der Waals surface area contributed by atoms with Crippen LogP contribution in [0.15, 0.2) is 57.8 Å². The van der Waals surface area contributed by atoms with Crippen molar-refractivity contribution in [3.05, 3.63) is 69.8 Å². The fourth-order valence-corrected chi connectivity index (χ4v) is 3.42. The molecule has 0 fully saturated rings. The van der Waals surface area contributed by atoms with E-state index in [1.165, 1.54) is 6.34 Å². The second-order valence-electron chi connectivity index (χ2n) is 6.54. The van der Waals surface area contributed by atoms with Crippen molar-refractivity contribution in [2.45, 2.75) is 26.1 Å². The molecule has 1 aromatic carbocycles. The molecular formula is C19H20ClN9O. The Labute approximate surface area is 176 Å². The normalized spacial score (nSPS) is 16.7. The number of H-pyrrole nitrogens is 1. The van der Waals surface area contributed by atoms with Crippen molar-refractivity contribution in [2.24, 2.45) is 15.8 Å². The van der Waals surface area contributed by atoms with Gasteiger partial charge >= 0.3 is 0 Å². The Hall–Kier alpha value is -3.66. The van der Waals surface area contributed by atoms with Crippen molar-refractivity contribution in [3.63, 3.8) is 0 Å². The number of aromatic nitrogens is 4. The molecule has 0 aliphatic carbocycles. The third-order valence-electron chi connectivity index (χ3n) is 4.63. The van der Waals surface area contributed by atoms with Gasteiger partial charge in [-0.25, -0.2) is 15.0 Å². The van der Waals surface area contributed by atoms with Crippen LogP contribution in [0.2, 0.25) is 5.02 Å². The molecule has 2 aliphatic rings. The molecule has 3 aromatic rings. The first-order valence-corrected chi connectivity index (χ1v) is 9.69. The molecule has 0 bridgehead atoms. The summed E-state index contributed by atoms with van der Waals surface area (Å²) in [5.74, 6) is 1.28. The molecule has 1 atom stereocenters. The summed E-state index contributed by atoms with van der Waals surface area (Å²) < 4.78 is 1.64. The van der Waals surface area contributed by atoms with Crippen LogP contribution in [0.1, 0.15) is 18.4 Å². The van der Waals surface area contributed by atoms with Crippen molar-refractivity contribution in [1.82, 2.24) is 30.1 Å². The third-order valence-corrected chi connectivity index (χ3v) is 4.95. The van der Waals surface area contributed by atoms with Gasteiger partial charge < -0.3 is 11.1 Å². The zero-order chi connectivity index (χ0) is 21.1. The smallest absolute Gasteiger partial charge is 0.263 e. The summed E-state index contributed by atoms with van der Waals surface area (Å²) >= 11 is 6.14. The fraction of sp³-hybridized carbons (Fsp3) is 0.211. The molecule has 0 spiro atoms. The number of nitrogens with two attached hydrogens (primary N) is 1. The van der Waals surface area contributed by atoms with Crippen molar-refractivity contribution in [1.29, 1.82) is 0 Å². The van der Waals surface area contributed by atoms with Gasteiger partial charge in [0.1, 0.15) is 18.0 Å². The van der Waals surface area contributed by atoms with Gasteiger partial charge in [-0.05, 0) is 18.2 Å². The van der Waals surface area contributed by atoms with Gasteiger partial charge in [0.05, 0.1) is 28.2 Å². The number of rotatable bonds is 3. The number of fused-ring (bicyclic) bond motifs is 2. The Balaban J connectivity index is 0.000000181. The van der Waals surface area contributed by atoms with Crippen molar-refractivity contribution in [3.8, 4) is 0 Å². The molecule has 4 N–H and O–H groups in total. The first-order chi connectivity index (χ1) is 14.6. The second-order valence-corrected chi connectivity index (χ2v) is 6.95. The predicted molar refractivity (Wildman–Crippen MR) is 116 cm³/mol. The quantitative estimate of drug-likeness (QED) is 0.581. The average Bonchev–Trinajstić information content (AvgIpc) is 3.43. The van der Waals surface area contributed by atoms with Gasteiger partial charge in [0, 0.05) is 25.0 Å². The van der Waals surface area contributed by atoms with E-state index in [0.29, 0.717) is 34.7 Å². The summed E-state index contributed by atoms with van der Waals surface area (Å²) in [5, 5.41) is 16.3. The molecule has 10 nitrogen and oxygen atoms in total. The molecule has 4 heterocycles. The van der Waals surface area contributed by atoms with Crippen LogP contribution in [0.4, 0.5) is 0 Å². The van der Waals surface area contributed by atoms with Gasteiger partial charge in [-0.3, -0.25) is 14.5 Å². The third kappa shape index (κ3) is 3.77. The van der Waals surface area contributed by atoms with Gasteiger partial charge in [0.25, 0.3) is 5.56 Å². The standard InChI is InChI=1S/C14H13ClN4O.C5H7N5/c1-2-12-17-11-5-3-4-10(15)13(11)14(20)19(12)8-9-6-7-16-18-9;6-4-5-7-1-2-10(5)9-3-8-4/h3-7H,2,8H2,1H3,(H,16,18);1-3,5,7H,(H2,6,8,9). The lowest BCUT2D eigenvalue weighted by atomic mass is 10.2. The van der Waals surface area contributed by atoms with E-state index in [2.05, 4.69) is 30.6 Å². The lowest BCUT2D eigenvalue weighted by molar-refractivity contribution is 0.356. The van der Waals surface area contributed by atoms with Gasteiger partial charge in [-0.15, -0.1) is 0 Å². The van der Waals surface area contributed by atoms with Crippen LogP contribution in [-0.2, 0) is 13.0 Å². The fourth-order valence-electron chi connectivity index (χ4n) is 3.17. The molecule has 5 rings (SSSR count). The number of hydrazone groups is 1. The molecule has 0 saturated carbocycles. The summed E-state index contributed by atoms with van der Waals surface area (Å²) in [6.45, 7) is 2.39. The number of hydrogen-bond acceptors (Lipinski definition) is 8. The van der Waals surface area contributed by atoms with Crippen LogP contribution in [-0.4, -0.2) is 43.1 Å². The molecule has 2 aliphatic heterocycles. The molecule has 0 saturated heterocycles. The van der Waals surface area contributed by atoms with E-state index in [9.17, 15) is 4.79 Å². The summed E-state index contributed by atoms with van der Waals surface area (Å²) in [7, 11) is 0. The molecule has 30 heavy (non-hydrogen) atoms. The number of halogens is 1. The Kier molecular flexibility index (Phi) is 5.48. The minimum atomic E-state index is -0.118. The summed E-state index contributed by atoms with van der Waals surface area (Å²) in [5.41, 5.74) is 6.91. The zero-order valence-corrected chi connectivity index (χ0v) is 16.9. The highest BCUT2D eigenvalue weighted by Crippen LogP contribution is 2.19. The number of amidine groups is 1. The monoisotopic (exact) mass is 425 g/mol. The second kappa shape index (κ2) is 8.37. The van der Waals surface area contributed by atoms with Crippen LogP contribution >= 0.6 is 11.6 Å². The van der Waals surface area contributed by atoms with E-state index in [1.54, 1.807) is 34.1 Å². The van der Waals surface area contributed by atoms with Crippen molar-refractivity contribution >= 4 is 34.7 Å². The van der Waals surface area contributed by atoms with Gasteiger partial charge in [0.2, 0.25) is 0 Å². The summed E-state index contributed by atoms with van der Waals surface area (Å²) in [4.78, 5) is 21.0. The Morgan fingerprint density at radius 1 is 1.30 bits per heavy atom. The highest BCUT2D eigenvalue weighted by atomic mass is 35.5. The Bertz CT molecular complexity index is 1200. The maximum Gasteiger partial charge on any atom is 0.263 e. The SMILES string of the molecule is CCc1nc2cccc(Cl)c2c(=O)n1Cc1ccn[nH]1.NC1=NC=NN2C=CNC12. The van der Waals surface area contributed by atoms with Crippen molar-refractivity contribution < 1.29 is 0 Å². The Morgan fingerprint density at radius 3 is 2.90 bits per heavy atom. The first-order valence-electron chi connectivity index (χ1n) is 9.31. The number of nitrogens with one attached hydrogen (secondary N) is 2. The van der Waals surface area contributed by atoms with E-state index in [-0.39, 0.29) is 11.7 Å². The lowest BCUT2D eigenvalue weighted by Crippen LogP contribution is -2.46. The van der Waals surface area contributed by atoms with Crippen LogP contribution < -0.4 is 16.6 Å². The maximum atomic E-state index is 12.7. The van der Waals surface area contributed by atoms with E-state index in [1.807, 2.05) is 25.3 Å². The van der Waals surface area contributed by atoms with E-state index in [0.717, 1.165) is 11.5 Å². The maximum absolute atomic E-state index is 12.7. The highest BCUT2D eigenvalue weighted by molar-refractivity contribution is 6.35. The first kappa shape index (κ1) is 19.6. The molecule has 154 valence electrons. The van der Waals surface area contributed by atoms with E-state index >= 15 is 0 Å². The van der Waals surface area contributed by atoms with Gasteiger partial charge in [-0.1, -0.05) is 24.6 Å². The van der Waals surface area contributed by atoms with E-state index in [4.69, 9.17) is 17.3 Å². The molecular weight excluding hydrogens is 406 g/mol. The van der Waals surface area contributed by atoms with Crippen molar-refractivity contribution in [2.75, 3.05) is 0 Å². The minimum absolute atomic E-state index is 0.0648. The van der Waals surface area contributed by atoms with Crippen LogP contribution in [0.5, 0.6) is 0 Å². The molecule has 2 aromatic heterocycles. The molecule has 0 radical (unpaired) electrons. The Morgan fingerprint density at radius 2 is 2.17 bits per heavy atom. The number of aromatic amines is 1. The van der Waals surface area contributed by atoms with Gasteiger partial charge in [0.15, 0.2) is 6.17 Å². The molecule has 11 heteroatoms. The zero-order valence-electron chi connectivity index (χ0n) is 16.2.